The monoisotopic (exact) mass is 287 g/mol. The van der Waals surface area contributed by atoms with E-state index >= 15 is 0 Å². The Hall–Kier alpha value is -1.39. The van der Waals surface area contributed by atoms with E-state index in [-0.39, 0.29) is 23.4 Å². The van der Waals surface area contributed by atoms with Gasteiger partial charge in [0.2, 0.25) is 5.91 Å². The minimum atomic E-state index is -0.342. The number of carbonyl (C=O) groups excluding carboxylic acids is 1. The van der Waals surface area contributed by atoms with Crippen molar-refractivity contribution in [2.24, 2.45) is 5.73 Å². The van der Waals surface area contributed by atoms with Crippen LogP contribution in [0.25, 0.3) is 0 Å². The minimum absolute atomic E-state index is 0.0339. The Morgan fingerprint density at radius 3 is 2.76 bits per heavy atom. The van der Waals surface area contributed by atoms with Crippen molar-refractivity contribution in [2.75, 3.05) is 19.6 Å². The summed E-state index contributed by atoms with van der Waals surface area (Å²) in [6.45, 7) is 4.46. The lowest BCUT2D eigenvalue weighted by atomic mass is 9.92. The van der Waals surface area contributed by atoms with Crippen LogP contribution in [-0.4, -0.2) is 42.0 Å². The van der Waals surface area contributed by atoms with Crippen LogP contribution in [0.2, 0.25) is 0 Å². The van der Waals surface area contributed by atoms with Gasteiger partial charge in [0.25, 0.3) is 0 Å². The van der Waals surface area contributed by atoms with Gasteiger partial charge in [-0.05, 0) is 31.4 Å². The maximum atomic E-state index is 12.9. The van der Waals surface area contributed by atoms with Crippen molar-refractivity contribution in [1.82, 2.24) is 10.2 Å². The Bertz CT molecular complexity index is 496. The first-order valence-electron chi connectivity index (χ1n) is 8.01. The molecule has 2 heterocycles. The van der Waals surface area contributed by atoms with Crippen LogP contribution in [0.3, 0.4) is 0 Å². The lowest BCUT2D eigenvalue weighted by Gasteiger charge is -2.31. The SMILES string of the molecule is CCC1(C(=O)N2C[C@@H](N)[C@H](c3ccccc3)C2)CCCN1. The lowest BCUT2D eigenvalue weighted by molar-refractivity contribution is -0.137. The van der Waals surface area contributed by atoms with Gasteiger partial charge >= 0.3 is 0 Å². The molecule has 0 bridgehead atoms. The average Bonchev–Trinajstić information content (AvgIpc) is 3.15. The standard InChI is InChI=1S/C17H25N3O/c1-2-17(9-6-10-19-17)16(21)20-11-14(15(18)12-20)13-7-4-3-5-8-13/h3-5,7-8,14-15,19H,2,6,9-12,18H2,1H3/t14-,15+,17?/m0/s1. The first-order chi connectivity index (χ1) is 10.2. The molecule has 3 rings (SSSR count). The third-order valence-electron chi connectivity index (χ3n) is 5.14. The largest absolute Gasteiger partial charge is 0.339 e. The molecule has 4 nitrogen and oxygen atoms in total. The zero-order valence-corrected chi connectivity index (χ0v) is 12.7. The average molecular weight is 287 g/mol. The molecule has 0 aliphatic carbocycles. The Labute approximate surface area is 126 Å². The molecule has 21 heavy (non-hydrogen) atoms. The third kappa shape index (κ3) is 2.58. The van der Waals surface area contributed by atoms with E-state index in [9.17, 15) is 4.79 Å². The maximum Gasteiger partial charge on any atom is 0.242 e. The topological polar surface area (TPSA) is 58.4 Å². The summed E-state index contributed by atoms with van der Waals surface area (Å²) in [5.41, 5.74) is 7.21. The van der Waals surface area contributed by atoms with Crippen LogP contribution < -0.4 is 11.1 Å². The summed E-state index contributed by atoms with van der Waals surface area (Å²) in [6.07, 6.45) is 2.89. The molecule has 0 aromatic heterocycles. The van der Waals surface area contributed by atoms with Crippen LogP contribution >= 0.6 is 0 Å². The van der Waals surface area contributed by atoms with Crippen molar-refractivity contribution < 1.29 is 4.79 Å². The molecule has 0 radical (unpaired) electrons. The molecule has 1 amide bonds. The van der Waals surface area contributed by atoms with Gasteiger partial charge in [-0.25, -0.2) is 0 Å². The number of hydrogen-bond acceptors (Lipinski definition) is 3. The zero-order valence-electron chi connectivity index (χ0n) is 12.7. The fraction of sp³-hybridized carbons (Fsp3) is 0.588. The van der Waals surface area contributed by atoms with E-state index in [1.165, 1.54) is 5.56 Å². The van der Waals surface area contributed by atoms with E-state index in [1.54, 1.807) is 0 Å². The van der Waals surface area contributed by atoms with Gasteiger partial charge in [0.05, 0.1) is 5.54 Å². The summed E-state index contributed by atoms with van der Waals surface area (Å²) in [5, 5.41) is 3.43. The Morgan fingerprint density at radius 1 is 1.38 bits per heavy atom. The first-order valence-corrected chi connectivity index (χ1v) is 8.01. The quantitative estimate of drug-likeness (QED) is 0.885. The Kier molecular flexibility index (Phi) is 4.00. The summed E-state index contributed by atoms with van der Waals surface area (Å²) in [4.78, 5) is 14.9. The van der Waals surface area contributed by atoms with Crippen molar-refractivity contribution in [3.8, 4) is 0 Å². The molecule has 1 aromatic carbocycles. The van der Waals surface area contributed by atoms with E-state index in [1.807, 2.05) is 23.1 Å². The maximum absolute atomic E-state index is 12.9. The Balaban J connectivity index is 1.75. The smallest absolute Gasteiger partial charge is 0.242 e. The van der Waals surface area contributed by atoms with Crippen LogP contribution in [0, 0.1) is 0 Å². The predicted molar refractivity (Wildman–Crippen MR) is 84.0 cm³/mol. The number of rotatable bonds is 3. The van der Waals surface area contributed by atoms with Gasteiger partial charge in [0.15, 0.2) is 0 Å². The normalized spacial score (nSPS) is 32.6. The molecule has 2 saturated heterocycles. The van der Waals surface area contributed by atoms with Gasteiger partial charge < -0.3 is 16.0 Å². The van der Waals surface area contributed by atoms with Gasteiger partial charge in [0.1, 0.15) is 0 Å². The highest BCUT2D eigenvalue weighted by Gasteiger charge is 2.45. The second kappa shape index (κ2) is 5.78. The second-order valence-corrected chi connectivity index (χ2v) is 6.36. The molecule has 0 saturated carbocycles. The van der Waals surface area contributed by atoms with E-state index < -0.39 is 0 Å². The molecule has 2 aliphatic heterocycles. The summed E-state index contributed by atoms with van der Waals surface area (Å²) in [6, 6.07) is 10.4. The molecule has 0 spiro atoms. The van der Waals surface area contributed by atoms with Crippen LogP contribution in [0.5, 0.6) is 0 Å². The zero-order chi connectivity index (χ0) is 14.9. The molecule has 3 N–H and O–H groups in total. The van der Waals surface area contributed by atoms with Gasteiger partial charge in [-0.15, -0.1) is 0 Å². The molecule has 3 atom stereocenters. The van der Waals surface area contributed by atoms with Crippen LogP contribution in [-0.2, 0) is 4.79 Å². The second-order valence-electron chi connectivity index (χ2n) is 6.36. The highest BCUT2D eigenvalue weighted by Crippen LogP contribution is 2.31. The number of amides is 1. The van der Waals surface area contributed by atoms with Crippen molar-refractivity contribution in [3.05, 3.63) is 35.9 Å². The fourth-order valence-corrected chi connectivity index (χ4v) is 3.79. The van der Waals surface area contributed by atoms with E-state index in [4.69, 9.17) is 5.73 Å². The van der Waals surface area contributed by atoms with Crippen LogP contribution in [0.4, 0.5) is 0 Å². The van der Waals surface area contributed by atoms with E-state index in [0.29, 0.717) is 6.54 Å². The van der Waals surface area contributed by atoms with Gasteiger partial charge in [0, 0.05) is 25.0 Å². The van der Waals surface area contributed by atoms with Gasteiger partial charge in [-0.3, -0.25) is 4.79 Å². The van der Waals surface area contributed by atoms with Crippen molar-refractivity contribution in [1.29, 1.82) is 0 Å². The summed E-state index contributed by atoms with van der Waals surface area (Å²) >= 11 is 0. The summed E-state index contributed by atoms with van der Waals surface area (Å²) in [7, 11) is 0. The number of nitrogens with zero attached hydrogens (tertiary/aromatic N) is 1. The van der Waals surface area contributed by atoms with Crippen LogP contribution in [0.15, 0.2) is 30.3 Å². The molecular weight excluding hydrogens is 262 g/mol. The predicted octanol–water partition coefficient (Wildman–Crippen LogP) is 1.47. The molecule has 1 unspecified atom stereocenters. The number of hydrogen-bond donors (Lipinski definition) is 2. The van der Waals surface area contributed by atoms with Gasteiger partial charge in [-0.1, -0.05) is 37.3 Å². The fourth-order valence-electron chi connectivity index (χ4n) is 3.79. The minimum Gasteiger partial charge on any atom is -0.339 e. The molecule has 2 aliphatic rings. The number of nitrogens with two attached hydrogens (primary N) is 1. The number of benzene rings is 1. The summed E-state index contributed by atoms with van der Waals surface area (Å²) in [5.74, 6) is 0.502. The number of likely N-dealkylation sites (tertiary alicyclic amines) is 1. The highest BCUT2D eigenvalue weighted by molar-refractivity contribution is 5.87. The molecule has 114 valence electrons. The lowest BCUT2D eigenvalue weighted by Crippen LogP contribution is -2.54. The highest BCUT2D eigenvalue weighted by atomic mass is 16.2. The van der Waals surface area contributed by atoms with E-state index in [2.05, 4.69) is 24.4 Å². The first kappa shape index (κ1) is 14.5. The molecule has 4 heteroatoms. The van der Waals surface area contributed by atoms with Crippen molar-refractivity contribution >= 4 is 5.91 Å². The molecular formula is C17H25N3O. The van der Waals surface area contributed by atoms with Gasteiger partial charge in [-0.2, -0.15) is 0 Å². The van der Waals surface area contributed by atoms with E-state index in [0.717, 1.165) is 32.4 Å². The number of nitrogens with one attached hydrogen (secondary N) is 1. The summed E-state index contributed by atoms with van der Waals surface area (Å²) < 4.78 is 0. The Morgan fingerprint density at radius 2 is 2.14 bits per heavy atom. The van der Waals surface area contributed by atoms with Crippen molar-refractivity contribution in [3.63, 3.8) is 0 Å². The van der Waals surface area contributed by atoms with Crippen molar-refractivity contribution in [2.45, 2.75) is 43.7 Å². The van der Waals surface area contributed by atoms with Crippen LogP contribution in [0.1, 0.15) is 37.7 Å². The number of carbonyl (C=O) groups is 1. The molecule has 2 fully saturated rings. The molecule has 1 aromatic rings. The third-order valence-corrected chi connectivity index (χ3v) is 5.14.